The van der Waals surface area contributed by atoms with E-state index in [0.717, 1.165) is 18.9 Å². The highest BCUT2D eigenvalue weighted by Crippen LogP contribution is 1.97. The van der Waals surface area contributed by atoms with Gasteiger partial charge in [0.1, 0.15) is 0 Å². The van der Waals surface area contributed by atoms with E-state index >= 15 is 0 Å². The number of rotatable bonds is 6. The highest BCUT2D eigenvalue weighted by Gasteiger charge is 1.91. The number of carboxylic acid groups (broad SMARTS) is 1. The molecule has 1 N–H and O–H groups in total. The van der Waals surface area contributed by atoms with Gasteiger partial charge >= 0.3 is 11.9 Å². The summed E-state index contributed by atoms with van der Waals surface area (Å²) in [6.07, 6.45) is 5.01. The lowest BCUT2D eigenvalue weighted by Crippen LogP contribution is -1.99. The first-order valence-corrected chi connectivity index (χ1v) is 4.15. The Bertz CT molecular complexity index is 196. The topological polar surface area (TPSA) is 63.6 Å². The number of unbranched alkanes of at least 4 members (excludes halogenated alkanes) is 2. The Labute approximate surface area is 77.2 Å². The first-order valence-electron chi connectivity index (χ1n) is 4.15. The summed E-state index contributed by atoms with van der Waals surface area (Å²) in [5, 5.41) is 8.23. The molecule has 74 valence electrons. The molecular formula is C9H14O4. The number of ether oxygens (including phenoxy) is 1. The molecule has 0 aliphatic carbocycles. The van der Waals surface area contributed by atoms with E-state index in [0.29, 0.717) is 13.0 Å². The Hall–Kier alpha value is -1.32. The zero-order valence-electron chi connectivity index (χ0n) is 7.66. The molecule has 4 nitrogen and oxygen atoms in total. The molecule has 0 aromatic rings. The molecule has 0 atom stereocenters. The van der Waals surface area contributed by atoms with Crippen molar-refractivity contribution in [1.29, 1.82) is 0 Å². The zero-order valence-corrected chi connectivity index (χ0v) is 7.66. The fourth-order valence-corrected chi connectivity index (χ4v) is 0.764. The number of allylic oxidation sites excluding steroid dienone is 1. The van der Waals surface area contributed by atoms with Gasteiger partial charge in [-0.2, -0.15) is 0 Å². The lowest BCUT2D eigenvalue weighted by Gasteiger charge is -1.98. The van der Waals surface area contributed by atoms with E-state index in [1.54, 1.807) is 6.08 Å². The van der Waals surface area contributed by atoms with Crippen LogP contribution in [0, 0.1) is 0 Å². The summed E-state index contributed by atoms with van der Waals surface area (Å²) >= 11 is 0. The average Bonchev–Trinajstić information content (AvgIpc) is 2.01. The summed E-state index contributed by atoms with van der Waals surface area (Å²) in [4.78, 5) is 20.3. The summed E-state index contributed by atoms with van der Waals surface area (Å²) in [7, 11) is 0. The smallest absolute Gasteiger partial charge is 0.327 e. The number of hydrogen-bond acceptors (Lipinski definition) is 3. The second-order valence-corrected chi connectivity index (χ2v) is 2.58. The second kappa shape index (κ2) is 7.34. The van der Waals surface area contributed by atoms with Crippen LogP contribution in [0.25, 0.3) is 0 Å². The van der Waals surface area contributed by atoms with Gasteiger partial charge in [-0.3, -0.25) is 4.79 Å². The molecule has 0 aliphatic heterocycles. The Morgan fingerprint density at radius 1 is 1.38 bits per heavy atom. The van der Waals surface area contributed by atoms with Crippen LogP contribution in [0.15, 0.2) is 12.2 Å². The largest absolute Gasteiger partial charge is 0.478 e. The molecule has 0 rings (SSSR count). The molecule has 0 saturated heterocycles. The molecule has 4 heteroatoms. The van der Waals surface area contributed by atoms with Crippen molar-refractivity contribution in [2.45, 2.75) is 26.2 Å². The van der Waals surface area contributed by atoms with E-state index in [-0.39, 0.29) is 5.97 Å². The predicted octanol–water partition coefficient (Wildman–Crippen LogP) is 1.36. The van der Waals surface area contributed by atoms with Crippen LogP contribution in [0.3, 0.4) is 0 Å². The number of aliphatic carboxylic acids is 1. The van der Waals surface area contributed by atoms with Gasteiger partial charge in [0, 0.05) is 13.0 Å². The van der Waals surface area contributed by atoms with Crippen molar-refractivity contribution in [3.8, 4) is 0 Å². The van der Waals surface area contributed by atoms with Crippen LogP contribution in [0.1, 0.15) is 26.2 Å². The highest BCUT2D eigenvalue weighted by molar-refractivity contribution is 5.79. The first-order chi connectivity index (χ1) is 6.13. The van der Waals surface area contributed by atoms with Gasteiger partial charge in [0.15, 0.2) is 0 Å². The van der Waals surface area contributed by atoms with Crippen molar-refractivity contribution in [3.05, 3.63) is 12.2 Å². The van der Waals surface area contributed by atoms with Crippen LogP contribution in [0.2, 0.25) is 0 Å². The highest BCUT2D eigenvalue weighted by atomic mass is 16.5. The minimum absolute atomic E-state index is 0.277. The minimum Gasteiger partial charge on any atom is -0.478 e. The second-order valence-electron chi connectivity index (χ2n) is 2.58. The van der Waals surface area contributed by atoms with Gasteiger partial charge in [-0.25, -0.2) is 4.79 Å². The molecule has 13 heavy (non-hydrogen) atoms. The molecule has 0 unspecified atom stereocenters. The third-order valence-electron chi connectivity index (χ3n) is 1.33. The van der Waals surface area contributed by atoms with Crippen LogP contribution < -0.4 is 0 Å². The molecule has 0 spiro atoms. The molecule has 0 radical (unpaired) electrons. The molecule has 0 aromatic carbocycles. The molecule has 0 fully saturated rings. The monoisotopic (exact) mass is 186 g/mol. The van der Waals surface area contributed by atoms with Crippen LogP contribution in [-0.2, 0) is 14.3 Å². The Morgan fingerprint density at radius 3 is 2.62 bits per heavy atom. The lowest BCUT2D eigenvalue weighted by molar-refractivity contribution is -0.141. The summed E-state index contributed by atoms with van der Waals surface area (Å²) in [5.41, 5.74) is 0. The normalized spacial score (nSPS) is 10.2. The van der Waals surface area contributed by atoms with Crippen LogP contribution in [-0.4, -0.2) is 23.7 Å². The predicted molar refractivity (Wildman–Crippen MR) is 47.3 cm³/mol. The van der Waals surface area contributed by atoms with Crippen molar-refractivity contribution in [2.75, 3.05) is 6.61 Å². The van der Waals surface area contributed by atoms with Crippen molar-refractivity contribution in [1.82, 2.24) is 0 Å². The quantitative estimate of drug-likeness (QED) is 0.386. The van der Waals surface area contributed by atoms with Gasteiger partial charge in [0.25, 0.3) is 0 Å². The average molecular weight is 186 g/mol. The lowest BCUT2D eigenvalue weighted by atomic mass is 10.2. The Balaban J connectivity index is 3.17. The Morgan fingerprint density at radius 2 is 2.08 bits per heavy atom. The number of esters is 1. The van der Waals surface area contributed by atoms with Gasteiger partial charge in [0.05, 0.1) is 6.61 Å². The van der Waals surface area contributed by atoms with E-state index < -0.39 is 5.97 Å². The fourth-order valence-electron chi connectivity index (χ4n) is 0.764. The molecule has 0 heterocycles. The maximum atomic E-state index is 10.3. The van der Waals surface area contributed by atoms with Crippen molar-refractivity contribution in [3.63, 3.8) is 0 Å². The van der Waals surface area contributed by atoms with Gasteiger partial charge < -0.3 is 9.84 Å². The van der Waals surface area contributed by atoms with Crippen LogP contribution >= 0.6 is 0 Å². The summed E-state index contributed by atoms with van der Waals surface area (Å²) in [6.45, 7) is 1.78. The van der Waals surface area contributed by atoms with Crippen molar-refractivity contribution < 1.29 is 19.4 Å². The third kappa shape index (κ3) is 10.7. The molecular weight excluding hydrogens is 172 g/mol. The third-order valence-corrected chi connectivity index (χ3v) is 1.33. The van der Waals surface area contributed by atoms with Crippen LogP contribution in [0.5, 0.6) is 0 Å². The van der Waals surface area contributed by atoms with E-state index in [2.05, 4.69) is 0 Å². The van der Waals surface area contributed by atoms with Crippen molar-refractivity contribution in [2.24, 2.45) is 0 Å². The number of carbonyl (C=O) groups is 2. The van der Waals surface area contributed by atoms with Gasteiger partial charge in [0.2, 0.25) is 0 Å². The van der Waals surface area contributed by atoms with E-state index in [1.807, 2.05) is 0 Å². The van der Waals surface area contributed by atoms with Gasteiger partial charge in [-0.15, -0.1) is 0 Å². The fraction of sp³-hybridized carbons (Fsp3) is 0.556. The summed E-state index contributed by atoms with van der Waals surface area (Å²) < 4.78 is 4.69. The van der Waals surface area contributed by atoms with Crippen LogP contribution in [0.4, 0.5) is 0 Å². The standard InChI is InChI=1S/C9H14O4/c1-8(10)13-7-5-3-2-4-6-9(11)12/h4,6H,2-3,5,7H2,1H3,(H,11,12). The molecule has 0 bridgehead atoms. The van der Waals surface area contributed by atoms with E-state index in [9.17, 15) is 9.59 Å². The number of carbonyl (C=O) groups excluding carboxylic acids is 1. The molecule has 0 aromatic heterocycles. The minimum atomic E-state index is -0.931. The maximum Gasteiger partial charge on any atom is 0.327 e. The Kier molecular flexibility index (Phi) is 6.59. The number of carboxylic acids is 1. The zero-order chi connectivity index (χ0) is 10.1. The molecule has 0 aliphatic rings. The summed E-state index contributed by atoms with van der Waals surface area (Å²) in [5.74, 6) is -1.21. The molecule has 0 saturated carbocycles. The maximum absolute atomic E-state index is 10.3. The summed E-state index contributed by atoms with van der Waals surface area (Å²) in [6, 6.07) is 0. The first kappa shape index (κ1) is 11.7. The van der Waals surface area contributed by atoms with Gasteiger partial charge in [-0.1, -0.05) is 6.08 Å². The van der Waals surface area contributed by atoms with Gasteiger partial charge in [-0.05, 0) is 19.3 Å². The van der Waals surface area contributed by atoms with Crippen molar-refractivity contribution >= 4 is 11.9 Å². The molecule has 0 amide bonds. The van der Waals surface area contributed by atoms with E-state index in [1.165, 1.54) is 6.92 Å². The number of hydrogen-bond donors (Lipinski definition) is 1. The van der Waals surface area contributed by atoms with E-state index in [4.69, 9.17) is 9.84 Å². The SMILES string of the molecule is CC(=O)OCCCCC=CC(=O)O.